The largest absolute Gasteiger partial charge is 0.472 e. The third-order valence-corrected chi connectivity index (χ3v) is 3.59. The van der Waals surface area contributed by atoms with Crippen molar-refractivity contribution in [3.8, 4) is 0 Å². The summed E-state index contributed by atoms with van der Waals surface area (Å²) < 4.78 is 5.00. The highest BCUT2D eigenvalue weighted by molar-refractivity contribution is 7.14. The molecule has 0 aromatic carbocycles. The summed E-state index contributed by atoms with van der Waals surface area (Å²) in [6.45, 7) is 5.57. The Morgan fingerprint density at radius 1 is 1.53 bits per heavy atom. The molecule has 2 aromatic rings. The van der Waals surface area contributed by atoms with Gasteiger partial charge in [-0.3, -0.25) is 9.69 Å². The Balaban J connectivity index is 1.88. The van der Waals surface area contributed by atoms with Crippen LogP contribution in [0.4, 0.5) is 5.13 Å². The van der Waals surface area contributed by atoms with Gasteiger partial charge >= 0.3 is 0 Å². The number of hydrogen-bond donors (Lipinski definition) is 1. The molecule has 1 N–H and O–H groups in total. The van der Waals surface area contributed by atoms with E-state index < -0.39 is 0 Å². The minimum absolute atomic E-state index is 0.0229. The lowest BCUT2D eigenvalue weighted by Crippen LogP contribution is -2.27. The van der Waals surface area contributed by atoms with Crippen LogP contribution in [0.15, 0.2) is 28.4 Å². The van der Waals surface area contributed by atoms with E-state index in [1.54, 1.807) is 24.3 Å². The molecule has 2 aromatic heterocycles. The number of anilines is 1. The molecular weight excluding hydrogens is 262 g/mol. The first-order valence-electron chi connectivity index (χ1n) is 6.15. The zero-order chi connectivity index (χ0) is 13.7. The molecule has 0 aliphatic carbocycles. The van der Waals surface area contributed by atoms with Gasteiger partial charge in [0, 0.05) is 37.5 Å². The molecular formula is C13H17N3O2S. The molecule has 0 aliphatic rings. The van der Waals surface area contributed by atoms with Crippen LogP contribution >= 0.6 is 11.3 Å². The van der Waals surface area contributed by atoms with Crippen molar-refractivity contribution in [1.29, 1.82) is 0 Å². The number of rotatable bonds is 6. The van der Waals surface area contributed by atoms with E-state index >= 15 is 0 Å². The summed E-state index contributed by atoms with van der Waals surface area (Å²) in [5.41, 5.74) is 2.05. The average Bonchev–Trinajstić information content (AvgIpc) is 3.02. The van der Waals surface area contributed by atoms with Crippen LogP contribution in [0.2, 0.25) is 0 Å². The van der Waals surface area contributed by atoms with Crippen molar-refractivity contribution in [1.82, 2.24) is 10.3 Å². The summed E-state index contributed by atoms with van der Waals surface area (Å²) in [5.74, 6) is 0.0229. The number of thiazole rings is 1. The van der Waals surface area contributed by atoms with Gasteiger partial charge < -0.3 is 9.73 Å². The Hall–Kier alpha value is -1.66. The van der Waals surface area contributed by atoms with Gasteiger partial charge in [-0.1, -0.05) is 0 Å². The zero-order valence-electron chi connectivity index (χ0n) is 11.0. The van der Waals surface area contributed by atoms with E-state index in [1.165, 1.54) is 11.3 Å². The Bertz CT molecular complexity index is 522. The lowest BCUT2D eigenvalue weighted by Gasteiger charge is -2.14. The van der Waals surface area contributed by atoms with Gasteiger partial charge in [0.1, 0.15) is 0 Å². The molecule has 0 aliphatic heterocycles. The highest BCUT2D eigenvalue weighted by Gasteiger charge is 2.13. The molecule has 19 heavy (non-hydrogen) atoms. The van der Waals surface area contributed by atoms with Gasteiger partial charge in [-0.05, 0) is 13.0 Å². The first-order chi connectivity index (χ1) is 9.20. The molecule has 2 rings (SSSR count). The van der Waals surface area contributed by atoms with Crippen molar-refractivity contribution >= 4 is 22.4 Å². The van der Waals surface area contributed by atoms with Crippen LogP contribution in [0, 0.1) is 0 Å². The molecule has 0 unspecified atom stereocenters. The van der Waals surface area contributed by atoms with Crippen LogP contribution in [0.25, 0.3) is 0 Å². The van der Waals surface area contributed by atoms with Crippen molar-refractivity contribution in [3.05, 3.63) is 35.2 Å². The molecule has 0 radical (unpaired) electrons. The van der Waals surface area contributed by atoms with E-state index in [9.17, 15) is 4.79 Å². The third kappa shape index (κ3) is 3.65. The summed E-state index contributed by atoms with van der Waals surface area (Å²) in [4.78, 5) is 17.6. The van der Waals surface area contributed by atoms with Crippen LogP contribution in [0.1, 0.15) is 25.1 Å². The van der Waals surface area contributed by atoms with E-state index in [-0.39, 0.29) is 5.91 Å². The van der Waals surface area contributed by atoms with Crippen LogP contribution < -0.4 is 10.2 Å². The lowest BCUT2D eigenvalue weighted by molar-refractivity contribution is -0.116. The second kappa shape index (κ2) is 6.49. The van der Waals surface area contributed by atoms with Crippen molar-refractivity contribution in [2.75, 3.05) is 11.4 Å². The summed E-state index contributed by atoms with van der Waals surface area (Å²) in [7, 11) is 0. The number of amides is 1. The standard InChI is InChI=1S/C13H17N3O2S/c1-3-16(10(2)17)13-15-12(9-19-13)7-14-6-11-4-5-18-8-11/h4-5,8-9,14H,3,6-7H2,1-2H3. The van der Waals surface area contributed by atoms with E-state index in [0.29, 0.717) is 13.1 Å². The molecule has 0 saturated heterocycles. The van der Waals surface area contributed by atoms with Gasteiger partial charge in [-0.2, -0.15) is 0 Å². The number of furan rings is 1. The van der Waals surface area contributed by atoms with Crippen LogP contribution in [-0.4, -0.2) is 17.4 Å². The molecule has 5 nitrogen and oxygen atoms in total. The fraction of sp³-hybridized carbons (Fsp3) is 0.385. The number of nitrogens with one attached hydrogen (secondary N) is 1. The monoisotopic (exact) mass is 279 g/mol. The Morgan fingerprint density at radius 3 is 3.00 bits per heavy atom. The van der Waals surface area contributed by atoms with Gasteiger partial charge in [0.05, 0.1) is 18.2 Å². The minimum atomic E-state index is 0.0229. The maximum atomic E-state index is 11.4. The maximum absolute atomic E-state index is 11.4. The lowest BCUT2D eigenvalue weighted by atomic mass is 10.3. The highest BCUT2D eigenvalue weighted by Crippen LogP contribution is 2.20. The third-order valence-electron chi connectivity index (χ3n) is 2.68. The Kier molecular flexibility index (Phi) is 4.70. The average molecular weight is 279 g/mol. The quantitative estimate of drug-likeness (QED) is 0.882. The molecule has 6 heteroatoms. The number of aromatic nitrogens is 1. The SMILES string of the molecule is CCN(C(C)=O)c1nc(CNCc2ccoc2)cs1. The number of carbonyl (C=O) groups excluding carboxylic acids is 1. The summed E-state index contributed by atoms with van der Waals surface area (Å²) in [5, 5.41) is 6.02. The van der Waals surface area contributed by atoms with Crippen molar-refractivity contribution in [2.24, 2.45) is 0 Å². The van der Waals surface area contributed by atoms with E-state index in [4.69, 9.17) is 4.42 Å². The summed E-state index contributed by atoms with van der Waals surface area (Å²) >= 11 is 1.49. The predicted molar refractivity (Wildman–Crippen MR) is 75.1 cm³/mol. The van der Waals surface area contributed by atoms with Gasteiger partial charge in [0.25, 0.3) is 0 Å². The van der Waals surface area contributed by atoms with Crippen molar-refractivity contribution in [2.45, 2.75) is 26.9 Å². The molecule has 102 valence electrons. The summed E-state index contributed by atoms with van der Waals surface area (Å²) in [6.07, 6.45) is 3.37. The van der Waals surface area contributed by atoms with E-state index in [2.05, 4.69) is 10.3 Å². The van der Waals surface area contributed by atoms with E-state index in [0.717, 1.165) is 22.9 Å². The predicted octanol–water partition coefficient (Wildman–Crippen LogP) is 2.40. The number of nitrogens with zero attached hydrogens (tertiary/aromatic N) is 2. The van der Waals surface area contributed by atoms with Crippen LogP contribution in [-0.2, 0) is 17.9 Å². The Morgan fingerprint density at radius 2 is 2.37 bits per heavy atom. The fourth-order valence-electron chi connectivity index (χ4n) is 1.72. The van der Waals surface area contributed by atoms with Crippen LogP contribution in [0.5, 0.6) is 0 Å². The molecule has 0 fully saturated rings. The van der Waals surface area contributed by atoms with Crippen LogP contribution in [0.3, 0.4) is 0 Å². The van der Waals surface area contributed by atoms with Gasteiger partial charge in [0.15, 0.2) is 5.13 Å². The topological polar surface area (TPSA) is 58.4 Å². The minimum Gasteiger partial charge on any atom is -0.472 e. The molecule has 0 saturated carbocycles. The van der Waals surface area contributed by atoms with E-state index in [1.807, 2.05) is 18.4 Å². The summed E-state index contributed by atoms with van der Waals surface area (Å²) in [6, 6.07) is 1.92. The highest BCUT2D eigenvalue weighted by atomic mass is 32.1. The Labute approximate surface area is 116 Å². The van der Waals surface area contributed by atoms with Gasteiger partial charge in [0.2, 0.25) is 5.91 Å². The van der Waals surface area contributed by atoms with Gasteiger partial charge in [-0.15, -0.1) is 11.3 Å². The molecule has 2 heterocycles. The second-order valence-electron chi connectivity index (χ2n) is 4.12. The van der Waals surface area contributed by atoms with Crippen molar-refractivity contribution in [3.63, 3.8) is 0 Å². The molecule has 0 spiro atoms. The molecule has 1 amide bonds. The normalized spacial score (nSPS) is 10.6. The smallest absolute Gasteiger partial charge is 0.225 e. The molecule has 0 atom stereocenters. The fourth-order valence-corrected chi connectivity index (χ4v) is 2.65. The maximum Gasteiger partial charge on any atom is 0.225 e. The first-order valence-corrected chi connectivity index (χ1v) is 7.03. The zero-order valence-corrected chi connectivity index (χ0v) is 11.9. The van der Waals surface area contributed by atoms with Crippen molar-refractivity contribution < 1.29 is 9.21 Å². The van der Waals surface area contributed by atoms with Gasteiger partial charge in [-0.25, -0.2) is 4.98 Å². The molecule has 0 bridgehead atoms. The number of carbonyl (C=O) groups is 1. The first kappa shape index (κ1) is 13.8. The number of hydrogen-bond acceptors (Lipinski definition) is 5. The second-order valence-corrected chi connectivity index (χ2v) is 4.96.